The predicted molar refractivity (Wildman–Crippen MR) is 92.8 cm³/mol. The van der Waals surface area contributed by atoms with Gasteiger partial charge in [0.1, 0.15) is 0 Å². The summed E-state index contributed by atoms with van der Waals surface area (Å²) in [4.78, 5) is 34.2. The van der Waals surface area contributed by atoms with Gasteiger partial charge in [0.2, 0.25) is 5.95 Å². The summed E-state index contributed by atoms with van der Waals surface area (Å²) in [5, 5.41) is 12.8. The van der Waals surface area contributed by atoms with Crippen LogP contribution >= 0.6 is 0 Å². The zero-order valence-corrected chi connectivity index (χ0v) is 14.4. The number of fused-ring (bicyclic) bond motifs is 1. The molecule has 3 aromatic heterocycles. The van der Waals surface area contributed by atoms with E-state index in [-0.39, 0.29) is 29.2 Å². The Morgan fingerprint density at radius 1 is 1.21 bits per heavy atom. The lowest BCUT2D eigenvalue weighted by atomic mass is 10.1. The number of aromatic carboxylic acids is 1. The highest BCUT2D eigenvalue weighted by Crippen LogP contribution is 2.29. The first kappa shape index (κ1) is 18.4. The molecule has 0 unspecified atom stereocenters. The molecule has 4 aromatic rings. The molecule has 0 fully saturated rings. The molecule has 0 atom stereocenters. The second-order valence-corrected chi connectivity index (χ2v) is 6.11. The molecule has 9 nitrogen and oxygen atoms in total. The van der Waals surface area contributed by atoms with Crippen LogP contribution in [0.25, 0.3) is 17.1 Å². The van der Waals surface area contributed by atoms with E-state index in [0.717, 1.165) is 23.0 Å². The molecule has 0 spiro atoms. The number of aromatic amines is 1. The SMILES string of the molecule is O=C(O)c1cnn(-c2nc3ncn(Cc4ccc(C(F)(F)F)cc4)c3c(=O)[nH]2)c1. The first-order valence-electron chi connectivity index (χ1n) is 8.12. The lowest BCUT2D eigenvalue weighted by Crippen LogP contribution is -2.16. The molecule has 29 heavy (non-hydrogen) atoms. The largest absolute Gasteiger partial charge is 0.478 e. The van der Waals surface area contributed by atoms with Crippen molar-refractivity contribution in [3.8, 4) is 5.95 Å². The number of hydrogen-bond acceptors (Lipinski definition) is 5. The Kier molecular flexibility index (Phi) is 4.18. The number of aromatic nitrogens is 6. The number of rotatable bonds is 4. The van der Waals surface area contributed by atoms with Gasteiger partial charge in [0, 0.05) is 12.7 Å². The fourth-order valence-corrected chi connectivity index (χ4v) is 2.75. The Labute approximate surface area is 159 Å². The molecule has 1 aromatic carbocycles. The number of alkyl halides is 3. The first-order valence-corrected chi connectivity index (χ1v) is 8.12. The van der Waals surface area contributed by atoms with Gasteiger partial charge < -0.3 is 9.67 Å². The molecule has 3 heterocycles. The molecule has 148 valence electrons. The van der Waals surface area contributed by atoms with E-state index in [0.29, 0.717) is 5.56 Å². The van der Waals surface area contributed by atoms with E-state index in [1.54, 1.807) is 0 Å². The molecule has 0 saturated heterocycles. The molecular formula is C17H11F3N6O3. The van der Waals surface area contributed by atoms with Gasteiger partial charge in [0.05, 0.1) is 23.7 Å². The van der Waals surface area contributed by atoms with E-state index in [1.165, 1.54) is 29.2 Å². The number of H-pyrrole nitrogens is 1. The maximum absolute atomic E-state index is 12.7. The van der Waals surface area contributed by atoms with Gasteiger partial charge >= 0.3 is 12.1 Å². The van der Waals surface area contributed by atoms with Crippen LogP contribution in [-0.2, 0) is 12.7 Å². The van der Waals surface area contributed by atoms with E-state index in [2.05, 4.69) is 20.1 Å². The van der Waals surface area contributed by atoms with Crippen LogP contribution in [0.15, 0.2) is 47.8 Å². The number of nitrogens with zero attached hydrogens (tertiary/aromatic N) is 5. The fourth-order valence-electron chi connectivity index (χ4n) is 2.75. The number of benzene rings is 1. The molecular weight excluding hydrogens is 393 g/mol. The minimum absolute atomic E-state index is 0.0187. The second kappa shape index (κ2) is 6.58. The lowest BCUT2D eigenvalue weighted by molar-refractivity contribution is -0.137. The highest BCUT2D eigenvalue weighted by Gasteiger charge is 2.29. The third-order valence-electron chi connectivity index (χ3n) is 4.15. The average Bonchev–Trinajstić information content (AvgIpc) is 3.29. The molecule has 0 radical (unpaired) electrons. The Morgan fingerprint density at radius 3 is 2.55 bits per heavy atom. The smallest absolute Gasteiger partial charge is 0.416 e. The lowest BCUT2D eigenvalue weighted by Gasteiger charge is -2.08. The number of halogens is 3. The third-order valence-corrected chi connectivity index (χ3v) is 4.15. The molecule has 0 amide bonds. The summed E-state index contributed by atoms with van der Waals surface area (Å²) in [6, 6.07) is 4.57. The minimum Gasteiger partial charge on any atom is -0.478 e. The van der Waals surface area contributed by atoms with Crippen LogP contribution in [0.3, 0.4) is 0 Å². The molecule has 2 N–H and O–H groups in total. The average molecular weight is 404 g/mol. The van der Waals surface area contributed by atoms with Gasteiger partial charge in [0.15, 0.2) is 11.2 Å². The predicted octanol–water partition coefficient (Wildman–Crippen LogP) is 2.07. The van der Waals surface area contributed by atoms with Crippen molar-refractivity contribution in [1.82, 2.24) is 29.3 Å². The van der Waals surface area contributed by atoms with E-state index < -0.39 is 23.3 Å². The number of nitrogens with one attached hydrogen (secondary N) is 1. The zero-order chi connectivity index (χ0) is 20.8. The molecule has 0 aliphatic rings. The summed E-state index contributed by atoms with van der Waals surface area (Å²) in [5.41, 5.74) is -0.649. The Balaban J connectivity index is 1.67. The summed E-state index contributed by atoms with van der Waals surface area (Å²) >= 11 is 0. The van der Waals surface area contributed by atoms with Gasteiger partial charge in [-0.1, -0.05) is 12.1 Å². The van der Waals surface area contributed by atoms with Crippen molar-refractivity contribution < 1.29 is 23.1 Å². The standard InChI is InChI=1S/C17H11F3N6O3/c18-17(19,20)11-3-1-9(2-4-11)6-25-8-21-13-12(25)14(27)24-16(23-13)26-7-10(5-22-26)15(28)29/h1-5,7-8H,6H2,(H,28,29)(H,23,24,27). The van der Waals surface area contributed by atoms with Gasteiger partial charge in [-0.2, -0.15) is 23.3 Å². The normalized spacial score (nSPS) is 11.8. The monoisotopic (exact) mass is 404 g/mol. The summed E-state index contributed by atoms with van der Waals surface area (Å²) in [6.45, 7) is 0.115. The quantitative estimate of drug-likeness (QED) is 0.538. The number of imidazole rings is 1. The first-order chi connectivity index (χ1) is 13.7. The Hall–Kier alpha value is -3.96. The highest BCUT2D eigenvalue weighted by molar-refractivity contribution is 5.86. The van der Waals surface area contributed by atoms with Gasteiger partial charge in [-0.25, -0.2) is 14.5 Å². The molecule has 12 heteroatoms. The Bertz CT molecular complexity index is 1270. The van der Waals surface area contributed by atoms with Crippen LogP contribution in [0.2, 0.25) is 0 Å². The van der Waals surface area contributed by atoms with E-state index >= 15 is 0 Å². The highest BCUT2D eigenvalue weighted by atomic mass is 19.4. The number of hydrogen-bond donors (Lipinski definition) is 2. The van der Waals surface area contributed by atoms with Crippen LogP contribution in [0.1, 0.15) is 21.5 Å². The van der Waals surface area contributed by atoms with Crippen LogP contribution in [-0.4, -0.2) is 40.4 Å². The zero-order valence-electron chi connectivity index (χ0n) is 14.4. The topological polar surface area (TPSA) is 119 Å². The molecule has 0 saturated carbocycles. The summed E-state index contributed by atoms with van der Waals surface area (Å²) in [5.74, 6) is -1.20. The maximum atomic E-state index is 12.7. The number of carboxylic acid groups (broad SMARTS) is 1. The third kappa shape index (κ3) is 3.47. The molecule has 0 aliphatic heterocycles. The second-order valence-electron chi connectivity index (χ2n) is 6.11. The van der Waals surface area contributed by atoms with Crippen LogP contribution in [0.5, 0.6) is 0 Å². The van der Waals surface area contributed by atoms with Crippen molar-refractivity contribution in [2.45, 2.75) is 12.7 Å². The fraction of sp³-hybridized carbons (Fsp3) is 0.118. The van der Waals surface area contributed by atoms with E-state index in [4.69, 9.17) is 5.11 Å². The Morgan fingerprint density at radius 2 is 1.93 bits per heavy atom. The van der Waals surface area contributed by atoms with Crippen LogP contribution < -0.4 is 5.56 Å². The van der Waals surface area contributed by atoms with Crippen molar-refractivity contribution in [1.29, 1.82) is 0 Å². The summed E-state index contributed by atoms with van der Waals surface area (Å²) in [7, 11) is 0. The number of carboxylic acids is 1. The maximum Gasteiger partial charge on any atom is 0.416 e. The van der Waals surface area contributed by atoms with E-state index in [1.807, 2.05) is 0 Å². The van der Waals surface area contributed by atoms with Crippen molar-refractivity contribution >= 4 is 17.1 Å². The molecule has 0 bridgehead atoms. The van der Waals surface area contributed by atoms with Crippen LogP contribution in [0.4, 0.5) is 13.2 Å². The van der Waals surface area contributed by atoms with Gasteiger partial charge in [0.25, 0.3) is 5.56 Å². The number of carbonyl (C=O) groups is 1. The molecule has 0 aliphatic carbocycles. The van der Waals surface area contributed by atoms with Gasteiger partial charge in [-0.15, -0.1) is 0 Å². The minimum atomic E-state index is -4.43. The van der Waals surface area contributed by atoms with Crippen molar-refractivity contribution in [3.05, 3.63) is 70.0 Å². The van der Waals surface area contributed by atoms with Crippen LogP contribution in [0, 0.1) is 0 Å². The van der Waals surface area contributed by atoms with Gasteiger partial charge in [-0.3, -0.25) is 9.78 Å². The summed E-state index contributed by atoms with van der Waals surface area (Å²) in [6.07, 6.45) is -0.786. The van der Waals surface area contributed by atoms with E-state index in [9.17, 15) is 22.8 Å². The van der Waals surface area contributed by atoms with Crippen molar-refractivity contribution in [3.63, 3.8) is 0 Å². The summed E-state index contributed by atoms with van der Waals surface area (Å²) < 4.78 is 40.6. The van der Waals surface area contributed by atoms with Gasteiger partial charge in [-0.05, 0) is 17.7 Å². The molecule has 4 rings (SSSR count). The van der Waals surface area contributed by atoms with Crippen molar-refractivity contribution in [2.24, 2.45) is 0 Å². The van der Waals surface area contributed by atoms with Crippen molar-refractivity contribution in [2.75, 3.05) is 0 Å².